The van der Waals surface area contributed by atoms with Crippen molar-refractivity contribution in [3.8, 4) is 22.9 Å². The van der Waals surface area contributed by atoms with Crippen molar-refractivity contribution in [3.05, 3.63) is 88.9 Å². The molecule has 0 fully saturated rings. The summed E-state index contributed by atoms with van der Waals surface area (Å²) in [4.78, 5) is 17.8. The molecule has 162 valence electrons. The zero-order valence-corrected chi connectivity index (χ0v) is 18.3. The van der Waals surface area contributed by atoms with Gasteiger partial charge in [-0.15, -0.1) is 5.10 Å². The fourth-order valence-electron chi connectivity index (χ4n) is 3.10. The van der Waals surface area contributed by atoms with E-state index in [1.54, 1.807) is 38.5 Å². The molecule has 1 heterocycles. The molecule has 3 aromatic carbocycles. The van der Waals surface area contributed by atoms with Crippen LogP contribution >= 0.6 is 11.6 Å². The molecule has 0 amide bonds. The number of methoxy groups -OCH3 is 2. The van der Waals surface area contributed by atoms with Crippen molar-refractivity contribution in [1.82, 2.24) is 14.8 Å². The van der Waals surface area contributed by atoms with Crippen LogP contribution in [0.2, 0.25) is 5.02 Å². The maximum atomic E-state index is 13.2. The van der Waals surface area contributed by atoms with Crippen LogP contribution in [0, 0.1) is 0 Å². The molecule has 0 radical (unpaired) electrons. The van der Waals surface area contributed by atoms with Crippen molar-refractivity contribution in [2.24, 2.45) is 0 Å². The van der Waals surface area contributed by atoms with E-state index in [2.05, 4.69) is 15.4 Å². The van der Waals surface area contributed by atoms with E-state index in [-0.39, 0.29) is 5.91 Å². The molecule has 0 aliphatic carbocycles. The van der Waals surface area contributed by atoms with Gasteiger partial charge in [-0.1, -0.05) is 29.8 Å². The summed E-state index contributed by atoms with van der Waals surface area (Å²) in [6.07, 6.45) is 0. The van der Waals surface area contributed by atoms with Crippen LogP contribution in [-0.4, -0.2) is 34.9 Å². The normalized spacial score (nSPS) is 10.6. The molecule has 7 nitrogen and oxygen atoms in total. The Bertz CT molecular complexity index is 1220. The summed E-state index contributed by atoms with van der Waals surface area (Å²) >= 11 is 6.27. The smallest absolute Gasteiger partial charge is 0.281 e. The van der Waals surface area contributed by atoms with Gasteiger partial charge < -0.3 is 14.8 Å². The number of hydrogen-bond acceptors (Lipinski definition) is 6. The SMILES string of the molecule is COc1ccc(C(=O)n2nc(-c3ccc(OC)cc3)nc2NCc2ccccc2Cl)cc1. The number of nitrogens with one attached hydrogen (secondary N) is 1. The molecule has 32 heavy (non-hydrogen) atoms. The largest absolute Gasteiger partial charge is 0.497 e. The summed E-state index contributed by atoms with van der Waals surface area (Å²) in [7, 11) is 3.18. The highest BCUT2D eigenvalue weighted by Gasteiger charge is 2.19. The monoisotopic (exact) mass is 448 g/mol. The molecule has 0 aliphatic rings. The topological polar surface area (TPSA) is 78.3 Å². The Balaban J connectivity index is 1.68. The quantitative estimate of drug-likeness (QED) is 0.432. The second-order valence-corrected chi connectivity index (χ2v) is 7.29. The number of benzene rings is 3. The number of hydrogen-bond donors (Lipinski definition) is 1. The third kappa shape index (κ3) is 4.58. The molecule has 0 bridgehead atoms. The first kappa shape index (κ1) is 21.4. The zero-order chi connectivity index (χ0) is 22.5. The van der Waals surface area contributed by atoms with E-state index in [4.69, 9.17) is 21.1 Å². The molecule has 0 aliphatic heterocycles. The van der Waals surface area contributed by atoms with Gasteiger partial charge in [0.25, 0.3) is 5.91 Å². The van der Waals surface area contributed by atoms with Crippen LogP contribution in [-0.2, 0) is 6.54 Å². The van der Waals surface area contributed by atoms with Crippen molar-refractivity contribution < 1.29 is 14.3 Å². The summed E-state index contributed by atoms with van der Waals surface area (Å²) in [5.74, 6) is 1.80. The Hall–Kier alpha value is -3.84. The number of nitrogens with zero attached hydrogens (tertiary/aromatic N) is 3. The van der Waals surface area contributed by atoms with Crippen molar-refractivity contribution in [2.75, 3.05) is 19.5 Å². The molecule has 4 rings (SSSR count). The molecule has 0 saturated heterocycles. The number of rotatable bonds is 7. The van der Waals surface area contributed by atoms with Crippen molar-refractivity contribution in [3.63, 3.8) is 0 Å². The molecule has 1 aromatic heterocycles. The number of halogens is 1. The van der Waals surface area contributed by atoms with Gasteiger partial charge >= 0.3 is 0 Å². The van der Waals surface area contributed by atoms with E-state index in [1.165, 1.54) is 4.68 Å². The van der Waals surface area contributed by atoms with Crippen LogP contribution < -0.4 is 14.8 Å². The van der Waals surface area contributed by atoms with Gasteiger partial charge in [0.2, 0.25) is 5.95 Å². The Labute approximate surface area is 190 Å². The first-order valence-electron chi connectivity index (χ1n) is 9.86. The number of aromatic nitrogens is 3. The number of carbonyl (C=O) groups is 1. The molecular formula is C24H21ClN4O3. The summed E-state index contributed by atoms with van der Waals surface area (Å²) in [5, 5.41) is 8.30. The highest BCUT2D eigenvalue weighted by Crippen LogP contribution is 2.23. The van der Waals surface area contributed by atoms with E-state index >= 15 is 0 Å². The zero-order valence-electron chi connectivity index (χ0n) is 17.6. The molecule has 0 atom stereocenters. The Morgan fingerprint density at radius 3 is 2.19 bits per heavy atom. The predicted molar refractivity (Wildman–Crippen MR) is 124 cm³/mol. The van der Waals surface area contributed by atoms with Crippen molar-refractivity contribution in [2.45, 2.75) is 6.54 Å². The average Bonchev–Trinajstić information content (AvgIpc) is 3.27. The highest BCUT2D eigenvalue weighted by molar-refractivity contribution is 6.31. The fraction of sp³-hybridized carbons (Fsp3) is 0.125. The van der Waals surface area contributed by atoms with Crippen LogP contribution in [0.5, 0.6) is 11.5 Å². The summed E-state index contributed by atoms with van der Waals surface area (Å²) in [6.45, 7) is 0.385. The van der Waals surface area contributed by atoms with Crippen LogP contribution in [0.3, 0.4) is 0 Å². The number of anilines is 1. The van der Waals surface area contributed by atoms with E-state index < -0.39 is 0 Å². The van der Waals surface area contributed by atoms with Gasteiger partial charge in [-0.3, -0.25) is 4.79 Å². The molecule has 0 unspecified atom stereocenters. The lowest BCUT2D eigenvalue weighted by atomic mass is 10.2. The maximum absolute atomic E-state index is 13.2. The fourth-order valence-corrected chi connectivity index (χ4v) is 3.30. The molecule has 0 spiro atoms. The van der Waals surface area contributed by atoms with Crippen LogP contribution in [0.25, 0.3) is 11.4 Å². The van der Waals surface area contributed by atoms with Gasteiger partial charge in [0, 0.05) is 22.7 Å². The van der Waals surface area contributed by atoms with Gasteiger partial charge in [-0.25, -0.2) is 0 Å². The first-order valence-corrected chi connectivity index (χ1v) is 10.2. The Kier molecular flexibility index (Phi) is 6.37. The standard InChI is InChI=1S/C24H21ClN4O3/c1-31-19-11-7-16(8-12-19)22-27-24(26-15-18-5-3-4-6-21(18)25)29(28-22)23(30)17-9-13-20(32-2)14-10-17/h3-14H,15H2,1-2H3,(H,26,27,28). The van der Waals surface area contributed by atoms with Gasteiger partial charge in [0.15, 0.2) is 5.82 Å². The lowest BCUT2D eigenvalue weighted by molar-refractivity contribution is 0.0947. The van der Waals surface area contributed by atoms with E-state index in [0.29, 0.717) is 34.7 Å². The van der Waals surface area contributed by atoms with Gasteiger partial charge in [0.1, 0.15) is 11.5 Å². The predicted octanol–water partition coefficient (Wildman–Crippen LogP) is 4.92. The van der Waals surface area contributed by atoms with Crippen molar-refractivity contribution >= 4 is 23.5 Å². The molecule has 4 aromatic rings. The van der Waals surface area contributed by atoms with Crippen LogP contribution in [0.15, 0.2) is 72.8 Å². The minimum atomic E-state index is -0.318. The minimum Gasteiger partial charge on any atom is -0.497 e. The van der Waals surface area contributed by atoms with E-state index in [1.807, 2.05) is 48.5 Å². The molecule has 1 N–H and O–H groups in total. The summed E-state index contributed by atoms with van der Waals surface area (Å²) in [6, 6.07) is 21.6. The van der Waals surface area contributed by atoms with Crippen LogP contribution in [0.4, 0.5) is 5.95 Å². The van der Waals surface area contributed by atoms with Gasteiger partial charge in [-0.05, 0) is 60.2 Å². The highest BCUT2D eigenvalue weighted by atomic mass is 35.5. The Morgan fingerprint density at radius 1 is 0.938 bits per heavy atom. The Morgan fingerprint density at radius 2 is 1.56 bits per heavy atom. The van der Waals surface area contributed by atoms with Crippen LogP contribution in [0.1, 0.15) is 15.9 Å². The lowest BCUT2D eigenvalue weighted by Gasteiger charge is -2.09. The third-order valence-corrected chi connectivity index (χ3v) is 5.25. The summed E-state index contributed by atoms with van der Waals surface area (Å²) < 4.78 is 11.7. The molecule has 0 saturated carbocycles. The van der Waals surface area contributed by atoms with E-state index in [9.17, 15) is 4.79 Å². The van der Waals surface area contributed by atoms with Gasteiger partial charge in [-0.2, -0.15) is 9.67 Å². The average molecular weight is 449 g/mol. The second-order valence-electron chi connectivity index (χ2n) is 6.88. The summed E-state index contributed by atoms with van der Waals surface area (Å²) in [5.41, 5.74) is 2.09. The molecule has 8 heteroatoms. The van der Waals surface area contributed by atoms with E-state index in [0.717, 1.165) is 16.9 Å². The first-order chi connectivity index (χ1) is 15.6. The van der Waals surface area contributed by atoms with Crippen molar-refractivity contribution in [1.29, 1.82) is 0 Å². The number of ether oxygens (including phenoxy) is 2. The minimum absolute atomic E-state index is 0.316. The van der Waals surface area contributed by atoms with Gasteiger partial charge in [0.05, 0.1) is 14.2 Å². The lowest BCUT2D eigenvalue weighted by Crippen LogP contribution is -2.17. The second kappa shape index (κ2) is 9.53. The molecular weight excluding hydrogens is 428 g/mol. The number of carbonyl (C=O) groups excluding carboxylic acids is 1. The maximum Gasteiger partial charge on any atom is 0.281 e. The third-order valence-electron chi connectivity index (χ3n) is 4.88.